The van der Waals surface area contributed by atoms with E-state index in [0.29, 0.717) is 4.57 Å². The van der Waals surface area contributed by atoms with Crippen LogP contribution in [0.25, 0.3) is 5.69 Å². The number of imidazole rings is 1. The molecule has 3 aromatic rings. The van der Waals surface area contributed by atoms with E-state index < -0.39 is 73.2 Å². The highest BCUT2D eigenvalue weighted by molar-refractivity contribution is 6.31. The zero-order valence-corrected chi connectivity index (χ0v) is 18.8. The summed E-state index contributed by atoms with van der Waals surface area (Å²) in [5.41, 5.74) is -1.31. The van der Waals surface area contributed by atoms with Crippen LogP contribution in [-0.2, 0) is 22.6 Å². The molecule has 0 spiro atoms. The first kappa shape index (κ1) is 19.0. The van der Waals surface area contributed by atoms with Gasteiger partial charge >= 0.3 is 0 Å². The number of aliphatic carboxylic acids is 1. The van der Waals surface area contributed by atoms with Crippen LogP contribution in [0.5, 0.6) is 0 Å². The number of hydrogen-bond acceptors (Lipinski definition) is 8. The number of rotatable bonds is 4. The van der Waals surface area contributed by atoms with Gasteiger partial charge < -0.3 is 35.1 Å². The summed E-state index contributed by atoms with van der Waals surface area (Å²) in [6.45, 7) is -6.42. The number of aliphatic hydroxyl groups excluding tert-OH is 3. The molecule has 4 N–H and O–H groups in total. The van der Waals surface area contributed by atoms with E-state index in [1.807, 2.05) is 0 Å². The molecule has 10 nitrogen and oxygen atoms in total. The highest BCUT2D eigenvalue weighted by atomic mass is 35.5. The number of carboxylic acid groups (broad SMARTS) is 1. The van der Waals surface area contributed by atoms with Crippen molar-refractivity contribution in [3.05, 3.63) is 82.1 Å². The van der Waals surface area contributed by atoms with Gasteiger partial charge in [-0.15, -0.1) is 0 Å². The second-order valence-corrected chi connectivity index (χ2v) is 8.49. The number of carbonyl (C=O) groups is 1. The van der Waals surface area contributed by atoms with Crippen LogP contribution in [0, 0.1) is 5.82 Å². The van der Waals surface area contributed by atoms with E-state index in [-0.39, 0.29) is 27.5 Å². The van der Waals surface area contributed by atoms with E-state index in [1.54, 1.807) is 0 Å². The van der Waals surface area contributed by atoms with Crippen LogP contribution in [0.15, 0.2) is 53.6 Å². The van der Waals surface area contributed by atoms with Crippen LogP contribution in [0.3, 0.4) is 0 Å². The fourth-order valence-electron chi connectivity index (χ4n) is 4.22. The molecule has 0 amide bonds. The largest absolute Gasteiger partial charge is 0.547 e. The quantitative estimate of drug-likeness (QED) is 0.325. The van der Waals surface area contributed by atoms with Crippen molar-refractivity contribution in [3.8, 4) is 5.69 Å². The topological polar surface area (TPSA) is 151 Å². The lowest BCUT2D eigenvalue weighted by Crippen LogP contribution is -2.65. The van der Waals surface area contributed by atoms with Crippen molar-refractivity contribution in [2.45, 2.75) is 43.7 Å². The number of benzene rings is 2. The monoisotopic (exact) mass is 522 g/mol. The highest BCUT2D eigenvalue weighted by Gasteiger charge is 2.49. The van der Waals surface area contributed by atoms with Crippen LogP contribution in [0.1, 0.15) is 35.7 Å². The van der Waals surface area contributed by atoms with Gasteiger partial charge in [-0.25, -0.2) is 8.96 Å². The molecular formula is C24H21ClFN3O7. The number of aliphatic hydroxyl groups is 4. The zero-order chi connectivity index (χ0) is 30.2. The Morgan fingerprint density at radius 2 is 2.03 bits per heavy atom. The average molecular weight is 523 g/mol. The molecule has 5 rings (SSSR count). The molecule has 0 aliphatic carbocycles. The molecule has 1 aromatic heterocycles. The number of hydrogen-bond donors (Lipinski definition) is 4. The standard InChI is InChI=1S/C24H21ClFN3O7/c25-11-5-6-16-14(7-11)18(13-3-1-2-4-15(13)26)27-8-12-9-28(17(10-30)29(12)16)23-21(33)19(31)20(32)22(36-23)24(34)35/h1-7,9,19-23,30-33H,8,10H2/t19-,20-,21+,22-,23+/m0/s1/i8D2,9D,10D2. The second kappa shape index (κ2) is 9.36. The van der Waals surface area contributed by atoms with Crippen molar-refractivity contribution in [3.63, 3.8) is 0 Å². The lowest BCUT2D eigenvalue weighted by molar-refractivity contribution is -0.783. The van der Waals surface area contributed by atoms with E-state index in [4.69, 9.17) is 23.2 Å². The molecule has 0 unspecified atom stereocenters. The minimum atomic E-state index is -3.45. The Morgan fingerprint density at radius 3 is 2.72 bits per heavy atom. The molecule has 3 heterocycles. The van der Waals surface area contributed by atoms with Crippen LogP contribution >= 0.6 is 11.6 Å². The Morgan fingerprint density at radius 1 is 1.28 bits per heavy atom. The molecule has 0 radical (unpaired) electrons. The normalized spacial score (nSPS) is 29.3. The maximum absolute atomic E-state index is 15.0. The van der Waals surface area contributed by atoms with Gasteiger partial charge in [-0.2, -0.15) is 4.57 Å². The number of ether oxygens (including phenoxy) is 1. The lowest BCUT2D eigenvalue weighted by atomic mass is 9.98. The van der Waals surface area contributed by atoms with Gasteiger partial charge in [0.05, 0.1) is 17.2 Å². The van der Waals surface area contributed by atoms with Gasteiger partial charge in [-0.05, 0) is 30.3 Å². The number of nitrogens with zero attached hydrogens (tertiary/aromatic N) is 3. The minimum Gasteiger partial charge on any atom is -0.547 e. The SMILES string of the molecule is [2H]c1c2n(c(C([2H])([2H])O)[n+]1[C@@H]1O[C@H](C(=O)[O-])[C@@H](O)[C@H](O)[C@H]1O)-c1ccc(Cl)cc1C(c1ccccc1F)=NC2([2H])[2H]. The van der Waals surface area contributed by atoms with E-state index in [9.17, 15) is 34.7 Å². The molecule has 0 bridgehead atoms. The van der Waals surface area contributed by atoms with Gasteiger partial charge in [-0.1, -0.05) is 23.7 Å². The molecule has 188 valence electrons. The fraction of sp³-hybridized carbons (Fsp3) is 0.292. The highest BCUT2D eigenvalue weighted by Crippen LogP contribution is 2.31. The van der Waals surface area contributed by atoms with Crippen molar-refractivity contribution in [1.82, 2.24) is 4.57 Å². The predicted octanol–water partition coefficient (Wildman–Crippen LogP) is -0.869. The van der Waals surface area contributed by atoms with Gasteiger partial charge in [0.15, 0.2) is 5.69 Å². The number of carboxylic acids is 1. The third kappa shape index (κ3) is 3.90. The van der Waals surface area contributed by atoms with Crippen LogP contribution in [-0.4, -0.2) is 61.1 Å². The fourth-order valence-corrected chi connectivity index (χ4v) is 4.39. The van der Waals surface area contributed by atoms with Crippen molar-refractivity contribution in [2.24, 2.45) is 4.99 Å². The predicted molar refractivity (Wildman–Crippen MR) is 120 cm³/mol. The third-order valence-electron chi connectivity index (χ3n) is 5.92. The van der Waals surface area contributed by atoms with E-state index in [0.717, 1.165) is 10.6 Å². The van der Waals surface area contributed by atoms with Gasteiger partial charge in [-0.3, -0.25) is 4.99 Å². The molecule has 5 atom stereocenters. The van der Waals surface area contributed by atoms with Crippen molar-refractivity contribution in [2.75, 3.05) is 0 Å². The van der Waals surface area contributed by atoms with E-state index in [1.165, 1.54) is 36.4 Å². The summed E-state index contributed by atoms with van der Waals surface area (Å²) >= 11 is 6.22. The number of halogens is 2. The summed E-state index contributed by atoms with van der Waals surface area (Å²) in [6, 6.07) is 9.20. The van der Waals surface area contributed by atoms with Crippen LogP contribution < -0.4 is 9.67 Å². The van der Waals surface area contributed by atoms with Crippen molar-refractivity contribution in [1.29, 1.82) is 0 Å². The van der Waals surface area contributed by atoms with Gasteiger partial charge in [0.1, 0.15) is 56.5 Å². The minimum absolute atomic E-state index is 0.0361. The number of fused-ring (bicyclic) bond motifs is 3. The van der Waals surface area contributed by atoms with Crippen LogP contribution in [0.2, 0.25) is 5.02 Å². The third-order valence-corrected chi connectivity index (χ3v) is 6.16. The molecule has 2 aliphatic rings. The first-order valence-corrected chi connectivity index (χ1v) is 10.9. The Labute approximate surface area is 215 Å². The zero-order valence-electron chi connectivity index (χ0n) is 23.0. The summed E-state index contributed by atoms with van der Waals surface area (Å²) in [4.78, 5) is 15.7. The average Bonchev–Trinajstić information content (AvgIpc) is 3.15. The van der Waals surface area contributed by atoms with Crippen LogP contribution in [0.4, 0.5) is 4.39 Å². The van der Waals surface area contributed by atoms with E-state index >= 15 is 0 Å². The first-order valence-electron chi connectivity index (χ1n) is 13.0. The summed E-state index contributed by atoms with van der Waals surface area (Å²) in [7, 11) is 0. The molecular weight excluding hydrogens is 497 g/mol. The summed E-state index contributed by atoms with van der Waals surface area (Å²) in [6.07, 6.45) is -12.0. The number of carbonyl (C=O) groups excluding carboxylic acids is 1. The Hall–Kier alpha value is -3.19. The number of aromatic nitrogens is 2. The summed E-state index contributed by atoms with van der Waals surface area (Å²) in [5, 5.41) is 53.6. The summed E-state index contributed by atoms with van der Waals surface area (Å²) in [5.74, 6) is -3.75. The van der Waals surface area contributed by atoms with E-state index in [2.05, 4.69) is 4.99 Å². The number of aliphatic imine (C=N–C) groups is 1. The molecule has 2 aromatic carbocycles. The lowest BCUT2D eigenvalue weighted by Gasteiger charge is -2.39. The Kier molecular flexibility index (Phi) is 4.94. The molecule has 2 aliphatic heterocycles. The maximum Gasteiger partial charge on any atom is 0.290 e. The first-order chi connectivity index (χ1) is 19.1. The molecule has 0 saturated carbocycles. The van der Waals surface area contributed by atoms with Gasteiger partial charge in [0.2, 0.25) is 6.23 Å². The van der Waals surface area contributed by atoms with Crippen molar-refractivity contribution < 1.29 is 50.9 Å². The smallest absolute Gasteiger partial charge is 0.290 e. The second-order valence-electron chi connectivity index (χ2n) is 8.05. The van der Waals surface area contributed by atoms with Crippen molar-refractivity contribution >= 4 is 23.3 Å². The van der Waals surface area contributed by atoms with Gasteiger partial charge in [0.25, 0.3) is 5.82 Å². The molecule has 1 saturated heterocycles. The van der Waals surface area contributed by atoms with Gasteiger partial charge in [0, 0.05) is 16.1 Å². The molecule has 36 heavy (non-hydrogen) atoms. The molecule has 12 heteroatoms. The maximum atomic E-state index is 15.0. The Balaban J connectivity index is 1.88. The summed E-state index contributed by atoms with van der Waals surface area (Å²) < 4.78 is 64.2. The Bertz CT molecular complexity index is 1600. The molecule has 1 fully saturated rings.